The quantitative estimate of drug-likeness (QED) is 0.504. The zero-order chi connectivity index (χ0) is 27.6. The predicted octanol–water partition coefficient (Wildman–Crippen LogP) is 3.80. The van der Waals surface area contributed by atoms with Gasteiger partial charge in [-0.1, -0.05) is 0 Å². The molecule has 0 fully saturated rings. The van der Waals surface area contributed by atoms with Gasteiger partial charge < -0.3 is 19.3 Å². The van der Waals surface area contributed by atoms with Crippen molar-refractivity contribution >= 4 is 33.5 Å². The van der Waals surface area contributed by atoms with E-state index in [-0.39, 0.29) is 47.3 Å². The normalized spacial score (nSPS) is 15.8. The van der Waals surface area contributed by atoms with E-state index in [1.807, 2.05) is 0 Å². The van der Waals surface area contributed by atoms with Crippen molar-refractivity contribution in [2.75, 3.05) is 23.3 Å². The van der Waals surface area contributed by atoms with Crippen LogP contribution in [0.25, 0.3) is 0 Å². The number of nitrogens with one attached hydrogen (secondary N) is 1. The molecule has 1 atom stereocenters. The zero-order valence-corrected chi connectivity index (χ0v) is 20.7. The second-order valence-corrected chi connectivity index (χ2v) is 10.3. The highest BCUT2D eigenvalue weighted by atomic mass is 32.2. The van der Waals surface area contributed by atoms with Crippen LogP contribution in [0.2, 0.25) is 0 Å². The highest BCUT2D eigenvalue weighted by Gasteiger charge is 2.51. The first-order chi connectivity index (χ1) is 17.1. The first kappa shape index (κ1) is 27.8. The Morgan fingerprint density at radius 1 is 1.24 bits per heavy atom. The van der Waals surface area contributed by atoms with Gasteiger partial charge in [0, 0.05) is 24.4 Å². The molecule has 3 rings (SSSR count). The standard InChI is InChI=1S/C22H24F3N3O8S/c1-21(2,22(23,24)25)36-20(31)27-13-4-6-17-16(10-13)28(12-14(35-17)5-7-19(29)30)37(32,33)15-8-9-26-18(11-15)34-3/h4,6,8-11,14H,5,7,12H2,1-3H3,(H,27,31)(H,29,30). The molecule has 15 heteroatoms. The van der Waals surface area contributed by atoms with E-state index in [0.29, 0.717) is 13.8 Å². The summed E-state index contributed by atoms with van der Waals surface area (Å²) >= 11 is 0. The van der Waals surface area contributed by atoms with Gasteiger partial charge in [0.1, 0.15) is 11.9 Å². The third-order valence-corrected chi connectivity index (χ3v) is 7.13. The van der Waals surface area contributed by atoms with Crippen LogP contribution in [0.3, 0.4) is 0 Å². The summed E-state index contributed by atoms with van der Waals surface area (Å²) in [6.45, 7) is 1.09. The van der Waals surface area contributed by atoms with Crippen molar-refractivity contribution in [1.29, 1.82) is 0 Å². The minimum absolute atomic E-state index is 0.000683. The minimum Gasteiger partial charge on any atom is -0.486 e. The summed E-state index contributed by atoms with van der Waals surface area (Å²) in [5.74, 6) is -1.01. The fourth-order valence-corrected chi connectivity index (χ4v) is 4.78. The summed E-state index contributed by atoms with van der Waals surface area (Å²) in [4.78, 5) is 26.9. The van der Waals surface area contributed by atoms with E-state index in [1.165, 1.54) is 43.6 Å². The average molecular weight is 548 g/mol. The van der Waals surface area contributed by atoms with Gasteiger partial charge in [-0.05, 0) is 44.5 Å². The van der Waals surface area contributed by atoms with Gasteiger partial charge in [-0.25, -0.2) is 18.2 Å². The van der Waals surface area contributed by atoms with Gasteiger partial charge in [0.2, 0.25) is 11.5 Å². The number of benzene rings is 1. The Bertz CT molecular complexity index is 1280. The number of alkyl halides is 3. The first-order valence-corrected chi connectivity index (χ1v) is 12.2. The van der Waals surface area contributed by atoms with Gasteiger partial charge >= 0.3 is 18.2 Å². The number of ether oxygens (including phenoxy) is 3. The van der Waals surface area contributed by atoms with Crippen LogP contribution < -0.4 is 19.1 Å². The van der Waals surface area contributed by atoms with E-state index < -0.39 is 40.0 Å². The third-order valence-electron chi connectivity index (χ3n) is 5.35. The van der Waals surface area contributed by atoms with Gasteiger partial charge in [0.15, 0.2) is 0 Å². The lowest BCUT2D eigenvalue weighted by Crippen LogP contribution is -2.44. The van der Waals surface area contributed by atoms with E-state index >= 15 is 0 Å². The SMILES string of the molecule is COc1cc(S(=O)(=O)N2CC(CCC(=O)O)Oc3ccc(NC(=O)OC(C)(C)C(F)(F)F)cc32)ccn1. The number of carboxylic acids is 1. The van der Waals surface area contributed by atoms with Crippen LogP contribution in [0.4, 0.5) is 29.3 Å². The van der Waals surface area contributed by atoms with E-state index in [9.17, 15) is 31.2 Å². The van der Waals surface area contributed by atoms with Crippen molar-refractivity contribution in [2.45, 2.75) is 49.5 Å². The summed E-state index contributed by atoms with van der Waals surface area (Å²) in [5, 5.41) is 11.2. The number of hydrogen-bond acceptors (Lipinski definition) is 8. The van der Waals surface area contributed by atoms with Gasteiger partial charge in [0.05, 0.1) is 24.2 Å². The molecule has 1 amide bonds. The van der Waals surface area contributed by atoms with Crippen molar-refractivity contribution < 1.29 is 50.5 Å². The van der Waals surface area contributed by atoms with Crippen molar-refractivity contribution in [3.63, 3.8) is 0 Å². The minimum atomic E-state index is -4.82. The maximum Gasteiger partial charge on any atom is 0.427 e. The lowest BCUT2D eigenvalue weighted by molar-refractivity contribution is -0.242. The summed E-state index contributed by atoms with van der Waals surface area (Å²) in [6.07, 6.45) is -6.11. The number of aromatic nitrogens is 1. The highest BCUT2D eigenvalue weighted by Crippen LogP contribution is 2.40. The van der Waals surface area contributed by atoms with Crippen molar-refractivity contribution in [3.8, 4) is 11.6 Å². The second-order valence-electron chi connectivity index (χ2n) is 8.45. The lowest BCUT2D eigenvalue weighted by atomic mass is 10.1. The largest absolute Gasteiger partial charge is 0.486 e. The molecule has 0 saturated heterocycles. The Kier molecular flexibility index (Phi) is 7.76. The highest BCUT2D eigenvalue weighted by molar-refractivity contribution is 7.92. The second kappa shape index (κ2) is 10.3. The number of nitrogens with zero attached hydrogens (tertiary/aromatic N) is 2. The molecule has 1 unspecified atom stereocenters. The van der Waals surface area contributed by atoms with Crippen LogP contribution in [0.15, 0.2) is 41.4 Å². The number of rotatable bonds is 8. The topological polar surface area (TPSA) is 144 Å². The van der Waals surface area contributed by atoms with Gasteiger partial charge in [0.25, 0.3) is 10.0 Å². The molecule has 1 aliphatic rings. The van der Waals surface area contributed by atoms with Crippen molar-refractivity contribution in [1.82, 2.24) is 4.98 Å². The Hall–Kier alpha value is -3.75. The van der Waals surface area contributed by atoms with Crippen molar-refractivity contribution in [2.24, 2.45) is 0 Å². The van der Waals surface area contributed by atoms with Crippen LogP contribution in [-0.2, 0) is 19.6 Å². The molecule has 2 heterocycles. The number of pyridine rings is 1. The summed E-state index contributed by atoms with van der Waals surface area (Å²) in [7, 11) is -2.97. The van der Waals surface area contributed by atoms with Crippen LogP contribution in [-0.4, -0.2) is 62.1 Å². The molecule has 37 heavy (non-hydrogen) atoms. The molecule has 1 aliphatic heterocycles. The van der Waals surface area contributed by atoms with Crippen LogP contribution in [0.5, 0.6) is 11.6 Å². The van der Waals surface area contributed by atoms with Gasteiger partial charge in [-0.3, -0.25) is 14.4 Å². The predicted molar refractivity (Wildman–Crippen MR) is 123 cm³/mol. The third kappa shape index (κ3) is 6.34. The summed E-state index contributed by atoms with van der Waals surface area (Å²) in [6, 6.07) is 6.21. The zero-order valence-electron chi connectivity index (χ0n) is 19.9. The molecule has 2 aromatic rings. The molecule has 2 N–H and O–H groups in total. The number of carboxylic acid groups (broad SMARTS) is 1. The molecule has 202 valence electrons. The maximum absolute atomic E-state index is 13.6. The van der Waals surface area contributed by atoms with Crippen LogP contribution in [0.1, 0.15) is 26.7 Å². The molecule has 1 aromatic heterocycles. The summed E-state index contributed by atoms with van der Waals surface area (Å²) < 4.78 is 82.5. The van der Waals surface area contributed by atoms with Gasteiger partial charge in [-0.2, -0.15) is 13.2 Å². The molecule has 1 aromatic carbocycles. The van der Waals surface area contributed by atoms with E-state index in [1.54, 1.807) is 0 Å². The molecule has 0 bridgehead atoms. The summed E-state index contributed by atoms with van der Waals surface area (Å²) in [5.41, 5.74) is -2.88. The molecule has 0 aliphatic carbocycles. The van der Waals surface area contributed by atoms with Crippen molar-refractivity contribution in [3.05, 3.63) is 36.5 Å². The molecular formula is C22H24F3N3O8S. The fourth-order valence-electron chi connectivity index (χ4n) is 3.28. The number of carbonyl (C=O) groups excluding carboxylic acids is 1. The number of carbonyl (C=O) groups is 2. The number of methoxy groups -OCH3 is 1. The Morgan fingerprint density at radius 3 is 2.57 bits per heavy atom. The first-order valence-electron chi connectivity index (χ1n) is 10.8. The number of aliphatic carboxylic acids is 1. The average Bonchev–Trinajstić information content (AvgIpc) is 2.81. The Balaban J connectivity index is 1.97. The maximum atomic E-state index is 13.6. The fraction of sp³-hybridized carbons (Fsp3) is 0.409. The lowest BCUT2D eigenvalue weighted by Gasteiger charge is -2.35. The van der Waals surface area contributed by atoms with E-state index in [2.05, 4.69) is 15.0 Å². The monoisotopic (exact) mass is 547 g/mol. The van der Waals surface area contributed by atoms with E-state index in [4.69, 9.17) is 14.6 Å². The van der Waals surface area contributed by atoms with Gasteiger partial charge in [-0.15, -0.1) is 0 Å². The number of amides is 1. The smallest absolute Gasteiger partial charge is 0.427 e. The number of anilines is 2. The number of fused-ring (bicyclic) bond motifs is 1. The molecule has 0 saturated carbocycles. The Morgan fingerprint density at radius 2 is 1.95 bits per heavy atom. The Labute approximate surface area is 210 Å². The molecule has 11 nitrogen and oxygen atoms in total. The number of hydrogen-bond donors (Lipinski definition) is 2. The number of sulfonamides is 1. The molecular weight excluding hydrogens is 523 g/mol. The molecule has 0 spiro atoms. The number of halogens is 3. The molecule has 0 radical (unpaired) electrons. The van der Waals surface area contributed by atoms with Crippen LogP contribution in [0, 0.1) is 0 Å². The van der Waals surface area contributed by atoms with Crippen LogP contribution >= 0.6 is 0 Å². The van der Waals surface area contributed by atoms with E-state index in [0.717, 1.165) is 4.31 Å².